The SMILES string of the molecule is CN=C(NCCCOCCOC)NCC(=O)Nc1ccccc1. The molecule has 0 aliphatic heterocycles. The summed E-state index contributed by atoms with van der Waals surface area (Å²) in [4.78, 5) is 15.9. The zero-order chi connectivity index (χ0) is 16.8. The lowest BCUT2D eigenvalue weighted by Gasteiger charge is -2.12. The monoisotopic (exact) mass is 322 g/mol. The van der Waals surface area contributed by atoms with E-state index in [0.717, 1.165) is 12.1 Å². The lowest BCUT2D eigenvalue weighted by atomic mass is 10.3. The molecule has 7 heteroatoms. The first-order chi connectivity index (χ1) is 11.3. The second-order valence-electron chi connectivity index (χ2n) is 4.73. The molecule has 3 N–H and O–H groups in total. The molecule has 1 amide bonds. The van der Waals surface area contributed by atoms with Crippen LogP contribution in [0.3, 0.4) is 0 Å². The van der Waals surface area contributed by atoms with Crippen LogP contribution in [0.1, 0.15) is 6.42 Å². The summed E-state index contributed by atoms with van der Waals surface area (Å²) in [5.74, 6) is 0.465. The van der Waals surface area contributed by atoms with E-state index in [4.69, 9.17) is 9.47 Å². The number of amides is 1. The molecule has 0 spiro atoms. The second-order valence-corrected chi connectivity index (χ2v) is 4.73. The molecular weight excluding hydrogens is 296 g/mol. The van der Waals surface area contributed by atoms with Gasteiger partial charge in [0.1, 0.15) is 0 Å². The number of ether oxygens (including phenoxy) is 2. The molecule has 0 bridgehead atoms. The second kappa shape index (κ2) is 12.4. The van der Waals surface area contributed by atoms with E-state index in [2.05, 4.69) is 20.9 Å². The van der Waals surface area contributed by atoms with Crippen molar-refractivity contribution in [3.8, 4) is 0 Å². The standard InChI is InChI=1S/C16H26N4O3/c1-17-16(18-9-6-10-23-12-11-22-2)19-13-15(21)20-14-7-4-3-5-8-14/h3-5,7-8H,6,9-13H2,1-2H3,(H,20,21)(H2,17,18,19). The summed E-state index contributed by atoms with van der Waals surface area (Å²) in [5.41, 5.74) is 0.774. The molecule has 0 saturated carbocycles. The van der Waals surface area contributed by atoms with Crippen molar-refractivity contribution in [1.29, 1.82) is 0 Å². The van der Waals surface area contributed by atoms with Crippen molar-refractivity contribution in [2.45, 2.75) is 6.42 Å². The number of benzene rings is 1. The van der Waals surface area contributed by atoms with Gasteiger partial charge in [0, 0.05) is 33.0 Å². The largest absolute Gasteiger partial charge is 0.382 e. The number of nitrogens with zero attached hydrogens (tertiary/aromatic N) is 1. The van der Waals surface area contributed by atoms with E-state index < -0.39 is 0 Å². The van der Waals surface area contributed by atoms with Crippen molar-refractivity contribution in [2.75, 3.05) is 52.4 Å². The normalized spacial score (nSPS) is 11.1. The van der Waals surface area contributed by atoms with Crippen molar-refractivity contribution in [3.63, 3.8) is 0 Å². The predicted molar refractivity (Wildman–Crippen MR) is 91.7 cm³/mol. The number of hydrogen-bond acceptors (Lipinski definition) is 4. The molecular formula is C16H26N4O3. The summed E-state index contributed by atoms with van der Waals surface area (Å²) < 4.78 is 10.3. The number of guanidine groups is 1. The highest BCUT2D eigenvalue weighted by atomic mass is 16.5. The van der Waals surface area contributed by atoms with Crippen molar-refractivity contribution < 1.29 is 14.3 Å². The molecule has 0 aromatic heterocycles. The van der Waals surface area contributed by atoms with Gasteiger partial charge in [-0.25, -0.2) is 0 Å². The van der Waals surface area contributed by atoms with Crippen LogP contribution in [-0.4, -0.2) is 58.9 Å². The van der Waals surface area contributed by atoms with E-state index in [1.807, 2.05) is 30.3 Å². The molecule has 0 heterocycles. The fourth-order valence-electron chi connectivity index (χ4n) is 1.74. The molecule has 0 unspecified atom stereocenters. The van der Waals surface area contributed by atoms with Gasteiger partial charge in [-0.3, -0.25) is 9.79 Å². The topological polar surface area (TPSA) is 84.0 Å². The van der Waals surface area contributed by atoms with E-state index in [1.165, 1.54) is 0 Å². The Morgan fingerprint density at radius 2 is 1.91 bits per heavy atom. The fourth-order valence-corrected chi connectivity index (χ4v) is 1.74. The number of methoxy groups -OCH3 is 1. The molecule has 0 aliphatic carbocycles. The summed E-state index contributed by atoms with van der Waals surface area (Å²) in [6.45, 7) is 2.73. The molecule has 128 valence electrons. The van der Waals surface area contributed by atoms with Crippen LogP contribution in [0.5, 0.6) is 0 Å². The molecule has 0 atom stereocenters. The van der Waals surface area contributed by atoms with E-state index in [-0.39, 0.29) is 12.5 Å². The number of para-hydroxylation sites is 1. The predicted octanol–water partition coefficient (Wildman–Crippen LogP) is 0.843. The van der Waals surface area contributed by atoms with Gasteiger partial charge in [0.2, 0.25) is 5.91 Å². The molecule has 1 rings (SSSR count). The molecule has 7 nitrogen and oxygen atoms in total. The zero-order valence-electron chi connectivity index (χ0n) is 13.8. The number of nitrogens with one attached hydrogen (secondary N) is 3. The zero-order valence-corrected chi connectivity index (χ0v) is 13.8. The summed E-state index contributed by atoms with van der Waals surface area (Å²) >= 11 is 0. The van der Waals surface area contributed by atoms with Crippen LogP contribution < -0.4 is 16.0 Å². The van der Waals surface area contributed by atoms with Gasteiger partial charge in [-0.05, 0) is 18.6 Å². The van der Waals surface area contributed by atoms with Crippen LogP contribution in [0, 0.1) is 0 Å². The smallest absolute Gasteiger partial charge is 0.243 e. The minimum atomic E-state index is -0.123. The summed E-state index contributed by atoms with van der Waals surface area (Å²) in [6, 6.07) is 9.33. The Labute approximate surface area is 137 Å². The first-order valence-electron chi connectivity index (χ1n) is 7.62. The maximum absolute atomic E-state index is 11.8. The van der Waals surface area contributed by atoms with Gasteiger partial charge in [0.05, 0.1) is 19.8 Å². The van der Waals surface area contributed by atoms with Crippen molar-refractivity contribution in [2.24, 2.45) is 4.99 Å². The third-order valence-electron chi connectivity index (χ3n) is 2.89. The number of aliphatic imine (C=N–C) groups is 1. The quantitative estimate of drug-likeness (QED) is 0.338. The van der Waals surface area contributed by atoms with Crippen molar-refractivity contribution in [1.82, 2.24) is 10.6 Å². The van der Waals surface area contributed by atoms with E-state index in [0.29, 0.717) is 32.3 Å². The minimum absolute atomic E-state index is 0.123. The third kappa shape index (κ3) is 9.49. The molecule has 1 aromatic rings. The van der Waals surface area contributed by atoms with Crippen molar-refractivity contribution >= 4 is 17.6 Å². The first kappa shape index (κ1) is 18.9. The number of carbonyl (C=O) groups is 1. The average molecular weight is 322 g/mol. The Morgan fingerprint density at radius 1 is 1.13 bits per heavy atom. The van der Waals surface area contributed by atoms with Crippen LogP contribution >= 0.6 is 0 Å². The van der Waals surface area contributed by atoms with Gasteiger partial charge in [0.15, 0.2) is 5.96 Å². The summed E-state index contributed by atoms with van der Waals surface area (Å²) in [5, 5.41) is 8.90. The van der Waals surface area contributed by atoms with Crippen LogP contribution in [0.25, 0.3) is 0 Å². The number of anilines is 1. The highest BCUT2D eigenvalue weighted by Crippen LogP contribution is 2.03. The molecule has 0 fully saturated rings. The summed E-state index contributed by atoms with van der Waals surface area (Å²) in [7, 11) is 3.31. The highest BCUT2D eigenvalue weighted by molar-refractivity contribution is 5.94. The number of rotatable bonds is 10. The van der Waals surface area contributed by atoms with E-state index in [9.17, 15) is 4.79 Å². The van der Waals surface area contributed by atoms with Crippen LogP contribution in [0.2, 0.25) is 0 Å². The highest BCUT2D eigenvalue weighted by Gasteiger charge is 2.03. The number of hydrogen-bond donors (Lipinski definition) is 3. The number of carbonyl (C=O) groups excluding carboxylic acids is 1. The minimum Gasteiger partial charge on any atom is -0.382 e. The first-order valence-corrected chi connectivity index (χ1v) is 7.62. The Hall–Kier alpha value is -2.12. The Bertz CT molecular complexity index is 466. The van der Waals surface area contributed by atoms with Crippen molar-refractivity contribution in [3.05, 3.63) is 30.3 Å². The molecule has 1 aromatic carbocycles. The third-order valence-corrected chi connectivity index (χ3v) is 2.89. The molecule has 23 heavy (non-hydrogen) atoms. The van der Waals surface area contributed by atoms with Gasteiger partial charge in [-0.15, -0.1) is 0 Å². The summed E-state index contributed by atoms with van der Waals surface area (Å²) in [6.07, 6.45) is 0.848. The Balaban J connectivity index is 2.12. The maximum atomic E-state index is 11.8. The fraction of sp³-hybridized carbons (Fsp3) is 0.500. The van der Waals surface area contributed by atoms with Crippen LogP contribution in [-0.2, 0) is 14.3 Å². The van der Waals surface area contributed by atoms with Crippen LogP contribution in [0.4, 0.5) is 5.69 Å². The molecule has 0 radical (unpaired) electrons. The lowest BCUT2D eigenvalue weighted by Crippen LogP contribution is -2.41. The van der Waals surface area contributed by atoms with Gasteiger partial charge in [0.25, 0.3) is 0 Å². The Kier molecular flexibility index (Phi) is 10.2. The van der Waals surface area contributed by atoms with Gasteiger partial charge >= 0.3 is 0 Å². The lowest BCUT2D eigenvalue weighted by molar-refractivity contribution is -0.115. The Morgan fingerprint density at radius 3 is 2.61 bits per heavy atom. The van der Waals surface area contributed by atoms with Gasteiger partial charge in [-0.2, -0.15) is 0 Å². The van der Waals surface area contributed by atoms with Gasteiger partial charge < -0.3 is 25.4 Å². The molecule has 0 saturated heterocycles. The molecule has 0 aliphatic rings. The van der Waals surface area contributed by atoms with E-state index in [1.54, 1.807) is 14.2 Å². The average Bonchev–Trinajstić information content (AvgIpc) is 2.57. The maximum Gasteiger partial charge on any atom is 0.243 e. The van der Waals surface area contributed by atoms with Crippen LogP contribution in [0.15, 0.2) is 35.3 Å². The van der Waals surface area contributed by atoms with Gasteiger partial charge in [-0.1, -0.05) is 18.2 Å². The van der Waals surface area contributed by atoms with E-state index >= 15 is 0 Å².